The third kappa shape index (κ3) is 11.7. The summed E-state index contributed by atoms with van der Waals surface area (Å²) in [6, 6.07) is 152. The third-order valence-corrected chi connectivity index (χ3v) is 32.5. The Morgan fingerprint density at radius 2 is 0.655 bits per heavy atom. The van der Waals surface area contributed by atoms with Gasteiger partial charge in [-0.3, -0.25) is 9.13 Å². The smallest absolute Gasteiger partial charge is 0.147 e. The van der Waals surface area contributed by atoms with Crippen molar-refractivity contribution in [3.63, 3.8) is 0 Å². The molecule has 0 bridgehead atoms. The van der Waals surface area contributed by atoms with Gasteiger partial charge in [-0.2, -0.15) is 0 Å². The van der Waals surface area contributed by atoms with Crippen molar-refractivity contribution in [1.29, 1.82) is 0 Å². The van der Waals surface area contributed by atoms with Gasteiger partial charge >= 0.3 is 0 Å². The van der Waals surface area contributed by atoms with Crippen molar-refractivity contribution in [2.75, 3.05) is 0 Å². The van der Waals surface area contributed by atoms with Gasteiger partial charge < -0.3 is 31.7 Å². The van der Waals surface area contributed by atoms with Gasteiger partial charge in [-0.05, 0) is 185 Å². The minimum Gasteiger partial charge on any atom is -0.455 e. The average Bonchev–Trinajstić information content (AvgIpc) is 1.37. The van der Waals surface area contributed by atoms with E-state index < -0.39 is 0 Å². The molecule has 686 valence electrons. The van der Waals surface area contributed by atoms with E-state index in [1.807, 2.05) is 17.4 Å². The van der Waals surface area contributed by atoms with E-state index in [1.165, 1.54) is 124 Å². The van der Waals surface area contributed by atoms with E-state index in [0.29, 0.717) is 0 Å². The molecule has 2 aliphatic rings. The first-order chi connectivity index (χ1) is 71.4. The summed E-state index contributed by atoms with van der Waals surface area (Å²) in [7, 11) is 2.10. The molecule has 2 aliphatic carbocycles. The summed E-state index contributed by atoms with van der Waals surface area (Å²) in [6.45, 7) is 11.7. The largest absolute Gasteiger partial charge is 0.455 e. The monoisotopic (exact) mass is 1880 g/mol. The Bertz CT molecular complexity index is 10700. The molecule has 20 aromatic carbocycles. The molecular weight excluding hydrogens is 1790 g/mol. The normalized spacial score (nSPS) is 13.2. The van der Waals surface area contributed by atoms with E-state index in [4.69, 9.17) is 23.8 Å². The minimum absolute atomic E-state index is 0.149. The van der Waals surface area contributed by atoms with Crippen molar-refractivity contribution in [2.24, 2.45) is 7.05 Å². The van der Waals surface area contributed by atoms with Gasteiger partial charge in [-0.15, -0.1) is 11.3 Å². The Hall–Kier alpha value is -18.2. The number of imidazole rings is 3. The van der Waals surface area contributed by atoms with Gasteiger partial charge in [-0.25, -0.2) is 15.0 Å². The lowest BCUT2D eigenvalue weighted by Crippen LogP contribution is -2.15. The topological polar surface area (TPSA) is 99.5 Å². The molecule has 0 aliphatic heterocycles. The van der Waals surface area contributed by atoms with Gasteiger partial charge in [0.25, 0.3) is 0 Å². The van der Waals surface area contributed by atoms with E-state index in [1.54, 1.807) is 0 Å². The first-order valence-electron chi connectivity index (χ1n) is 50.0. The van der Waals surface area contributed by atoms with Gasteiger partial charge in [0.1, 0.15) is 39.8 Å². The highest BCUT2D eigenvalue weighted by Crippen LogP contribution is 2.62. The maximum atomic E-state index is 6.91. The molecule has 0 unspecified atom stereocenters. The number of hydrogen-bond donors (Lipinski definition) is 0. The molecule has 32 rings (SSSR count). The van der Waals surface area contributed by atoms with Crippen LogP contribution < -0.4 is 0 Å². The summed E-state index contributed by atoms with van der Waals surface area (Å²) in [4.78, 5) is 15.3. The predicted molar refractivity (Wildman–Crippen MR) is 603 cm³/mol. The average molecular weight is 1880 g/mol. The van der Waals surface area contributed by atoms with Crippen LogP contribution >= 0.6 is 11.3 Å². The van der Waals surface area contributed by atoms with Crippen LogP contribution in [0.5, 0.6) is 0 Å². The van der Waals surface area contributed by atoms with Gasteiger partial charge in [0.2, 0.25) is 0 Å². The third-order valence-electron chi connectivity index (χ3n) is 31.3. The van der Waals surface area contributed by atoms with E-state index in [9.17, 15) is 0 Å². The first kappa shape index (κ1) is 82.7. The van der Waals surface area contributed by atoms with Crippen LogP contribution in [0.15, 0.2) is 433 Å². The van der Waals surface area contributed by atoms with Crippen molar-refractivity contribution >= 4 is 196 Å². The van der Waals surface area contributed by atoms with Crippen molar-refractivity contribution in [1.82, 2.24) is 46.9 Å². The lowest BCUT2D eigenvalue weighted by atomic mass is 9.80. The molecule has 0 N–H and O–H groups in total. The van der Waals surface area contributed by atoms with Crippen molar-refractivity contribution in [3.05, 3.63) is 453 Å². The van der Waals surface area contributed by atoms with Crippen molar-refractivity contribution < 1.29 is 8.83 Å². The molecule has 0 saturated carbocycles. The van der Waals surface area contributed by atoms with Crippen LogP contribution in [0.25, 0.3) is 264 Å². The first-order valence-corrected chi connectivity index (χ1v) is 50.8. The molecule has 10 aromatic heterocycles. The summed E-state index contributed by atoms with van der Waals surface area (Å²) >= 11 is 1.94. The lowest BCUT2D eigenvalue weighted by Gasteiger charge is -2.23. The van der Waals surface area contributed by atoms with Gasteiger partial charge in [-0.1, -0.05) is 308 Å². The second-order valence-electron chi connectivity index (χ2n) is 39.8. The molecule has 145 heavy (non-hydrogen) atoms. The van der Waals surface area contributed by atoms with Gasteiger partial charge in [0.05, 0.1) is 93.4 Å². The second-order valence-corrected chi connectivity index (χ2v) is 40.8. The number of nitrogens with zero attached hydrogens (tertiary/aromatic N) is 10. The number of thiophene rings is 1. The minimum atomic E-state index is -0.208. The molecule has 30 aromatic rings. The molecule has 0 saturated heterocycles. The standard InChI is InChI=1S/C46H31N3S.C44H28N4O.C42H31N3O/c1-46(2)34-19-9-6-16-31(34)40-42(46)39-32-17-7-11-21-36(32)48(43(39)41-33-18-8-13-23-38(33)50-44(40)41)30-26-24-28(25-27-30)45-47-35-20-10-12-22-37(35)49(45)29-14-4-3-5-15-29;1-46-36-25-24-29(26-33(36)45-44(46)27-14-4-2-5-15-27)48-35-22-12-9-19-31(35)39-41(48)38-30-18-8-11-21-34(30)47(28-16-6-3-7-17-28)42(38)40-32-20-10-13-23-37(32)49-43(39)40;1-4-35-43-31-20-9-11-22-33(31)44(35)25-14-13-15-26(24-25)45-32-21-10-6-17-28(32)36-39-37(27-16-5-8-19-30(27)42(39,2)3)41-38(40(36)45)29-18-7-12-23-34(29)46-41/h3-27H,1-2H3;2-26H,1H3;5-24H,4H2,1-3H3. The van der Waals surface area contributed by atoms with E-state index in [2.05, 4.69) is 492 Å². The summed E-state index contributed by atoms with van der Waals surface area (Å²) < 4.78 is 33.1. The summed E-state index contributed by atoms with van der Waals surface area (Å²) in [5.74, 6) is 2.95. The van der Waals surface area contributed by atoms with Gasteiger partial charge in [0, 0.05) is 149 Å². The maximum Gasteiger partial charge on any atom is 0.147 e. The second kappa shape index (κ2) is 31.2. The van der Waals surface area contributed by atoms with Crippen molar-refractivity contribution in [2.45, 2.75) is 51.9 Å². The van der Waals surface area contributed by atoms with Crippen LogP contribution in [0.1, 0.15) is 62.7 Å². The van der Waals surface area contributed by atoms with Crippen molar-refractivity contribution in [3.8, 4) is 79.2 Å². The Kier molecular flexibility index (Phi) is 17.8. The van der Waals surface area contributed by atoms with Gasteiger partial charge in [0.15, 0.2) is 0 Å². The number of benzene rings is 20. The molecule has 0 fully saturated rings. The molecule has 0 radical (unpaired) electrons. The van der Waals surface area contributed by atoms with Crippen LogP contribution in [0.3, 0.4) is 0 Å². The zero-order valence-corrected chi connectivity index (χ0v) is 81.1. The number of rotatable bonds is 9. The predicted octanol–water partition coefficient (Wildman–Crippen LogP) is 34.7. The highest BCUT2D eigenvalue weighted by molar-refractivity contribution is 7.26. The quantitative estimate of drug-likeness (QED) is 0.143. The Labute approximate surface area is 836 Å². The highest BCUT2D eigenvalue weighted by atomic mass is 32.1. The maximum absolute atomic E-state index is 6.91. The number of aromatic nitrogens is 10. The number of para-hydroxylation sites is 12. The Morgan fingerprint density at radius 3 is 1.25 bits per heavy atom. The molecule has 10 heterocycles. The zero-order chi connectivity index (χ0) is 96.1. The molecule has 0 atom stereocenters. The van der Waals surface area contributed by atoms with Crippen LogP contribution in [0, 0.1) is 0 Å². The number of fused-ring (bicyclic) bond motifs is 39. The van der Waals surface area contributed by atoms with Crippen LogP contribution in [0.4, 0.5) is 0 Å². The van der Waals surface area contributed by atoms with Crippen LogP contribution in [-0.2, 0) is 24.3 Å². The van der Waals surface area contributed by atoms with E-state index in [-0.39, 0.29) is 10.8 Å². The Morgan fingerprint density at radius 1 is 0.269 bits per heavy atom. The molecular formula is C132H90N10O2S. The molecule has 0 amide bonds. The number of hydrogen-bond acceptors (Lipinski definition) is 6. The van der Waals surface area contributed by atoms with E-state index >= 15 is 0 Å². The SMILES string of the molecule is CC1(C)c2ccccc2-c2c1c1c3ccccc3n(-c3ccc(-c4nc5ccccc5n4-c4ccccc4)cc3)c1c1c2sc2ccccc21.CCc1nc2ccccc2n1-c1cccc(-n2c3ccccc3c3c4c(c5oc6ccccc6c5c32)-c2ccccc2C4(C)C)c1.Cn1c(-c2ccccc2)nc2cc(-n3c4ccccc4c4c5oc6ccccc6c5c5c(c6ccccc6n5-c5ccccc5)c43)ccc21. The molecule has 0 spiro atoms. The summed E-state index contributed by atoms with van der Waals surface area (Å²) in [6.07, 6.45) is 0.845. The lowest BCUT2D eigenvalue weighted by molar-refractivity contribution is 0.658. The number of aryl methyl sites for hydroxylation is 2. The molecule has 12 nitrogen and oxygen atoms in total. The van der Waals surface area contributed by atoms with Crippen LogP contribution in [0.2, 0.25) is 0 Å². The number of furan rings is 2. The summed E-state index contributed by atoms with van der Waals surface area (Å²) in [5.41, 5.74) is 38.7. The zero-order valence-electron chi connectivity index (χ0n) is 80.3. The molecule has 13 heteroatoms. The fourth-order valence-electron chi connectivity index (χ4n) is 25.3. The summed E-state index contributed by atoms with van der Waals surface area (Å²) in [5, 5.41) is 17.1. The Balaban J connectivity index is 0.000000101. The highest BCUT2D eigenvalue weighted by Gasteiger charge is 2.44. The fraction of sp³-hybridized carbons (Fsp3) is 0.0682. The van der Waals surface area contributed by atoms with Crippen LogP contribution in [-0.4, -0.2) is 46.9 Å². The fourth-order valence-corrected chi connectivity index (χ4v) is 26.5. The van der Waals surface area contributed by atoms with E-state index in [0.717, 1.165) is 174 Å².